The van der Waals surface area contributed by atoms with Gasteiger partial charge < -0.3 is 13.6 Å². The fourth-order valence-electron chi connectivity index (χ4n) is 12.4. The van der Waals surface area contributed by atoms with E-state index in [0.717, 1.165) is 66.8 Å². The molecule has 3 heterocycles. The number of aromatic nitrogens is 4. The predicted octanol–water partition coefficient (Wildman–Crippen LogP) is 23.5. The van der Waals surface area contributed by atoms with Gasteiger partial charge in [-0.3, -0.25) is 9.97 Å². The maximum atomic E-state index is 6.56. The SMILES string of the molecule is CC(C)c1cc(-c2ccc(-c3cc(C(C)(C)C)cc(C(C)(C)C)c3)cc2)cc(C(C)C)c1-n1c(-c2[c-]ccc3c2oc2ccccc23)nc2ccccc21.CC(C)c1cc(C(C)(C)[Si](C)(C)C)cc(C(C)C)c1-n1c(-c2[c-]cccc2)nc2ccccc21.[Ir]. The number of fused-ring (bicyclic) bond motifs is 5. The average molecular weight is 1370 g/mol. The van der Waals surface area contributed by atoms with E-state index < -0.39 is 8.07 Å². The van der Waals surface area contributed by atoms with Crippen LogP contribution in [0.1, 0.15) is 173 Å². The van der Waals surface area contributed by atoms with Crippen molar-refractivity contribution in [3.05, 3.63) is 227 Å². The fraction of sp³-hybridized carbons (Fsp3) is 0.317. The van der Waals surface area contributed by atoms with Crippen molar-refractivity contribution in [2.24, 2.45) is 0 Å². The normalized spacial score (nSPS) is 12.5. The van der Waals surface area contributed by atoms with Gasteiger partial charge in [-0.25, -0.2) is 0 Å². The van der Waals surface area contributed by atoms with Gasteiger partial charge in [-0.2, -0.15) is 0 Å². The summed E-state index contributed by atoms with van der Waals surface area (Å²) >= 11 is 0. The Kier molecular flexibility index (Phi) is 18.0. The van der Waals surface area contributed by atoms with Crippen molar-refractivity contribution in [1.29, 1.82) is 0 Å². The first-order valence-electron chi connectivity index (χ1n) is 32.0. The molecular weight excluding hydrogens is 1280 g/mol. The summed E-state index contributed by atoms with van der Waals surface area (Å²) in [7, 11) is -1.46. The van der Waals surface area contributed by atoms with Gasteiger partial charge in [0.2, 0.25) is 0 Å². The second-order valence-corrected chi connectivity index (χ2v) is 35.1. The van der Waals surface area contributed by atoms with E-state index in [-0.39, 0.29) is 47.8 Å². The number of imidazole rings is 2. The van der Waals surface area contributed by atoms with E-state index in [1.807, 2.05) is 30.3 Å². The molecule has 12 aromatic rings. The number of hydrogen-bond donors (Lipinski definition) is 0. The second-order valence-electron chi connectivity index (χ2n) is 29.4. The summed E-state index contributed by atoms with van der Waals surface area (Å²) in [5, 5.41) is 2.35. The quantitative estimate of drug-likeness (QED) is 0.0905. The molecule has 0 saturated carbocycles. The van der Waals surface area contributed by atoms with Crippen molar-refractivity contribution < 1.29 is 24.5 Å². The van der Waals surface area contributed by atoms with Crippen LogP contribution in [0.25, 0.3) is 100 Å². The molecule has 0 amide bonds. The summed E-state index contributed by atoms with van der Waals surface area (Å²) < 4.78 is 11.3. The minimum atomic E-state index is -1.46. The molecule has 459 valence electrons. The van der Waals surface area contributed by atoms with Crippen molar-refractivity contribution in [2.75, 3.05) is 0 Å². The van der Waals surface area contributed by atoms with Crippen LogP contribution >= 0.6 is 0 Å². The molecule has 0 fully saturated rings. The molecule has 0 atom stereocenters. The van der Waals surface area contributed by atoms with E-state index >= 15 is 0 Å². The van der Waals surface area contributed by atoms with Gasteiger partial charge in [-0.05, 0) is 143 Å². The van der Waals surface area contributed by atoms with E-state index in [4.69, 9.17) is 14.4 Å². The van der Waals surface area contributed by atoms with Gasteiger partial charge >= 0.3 is 0 Å². The molecule has 0 unspecified atom stereocenters. The average Bonchev–Trinajstić information content (AvgIpc) is 1.72. The fourth-order valence-corrected chi connectivity index (χ4v) is 13.4. The molecular formula is C82H90IrN4OSi-2. The smallest absolute Gasteiger partial charge is 0.120 e. The number of hydrogen-bond acceptors (Lipinski definition) is 3. The van der Waals surface area contributed by atoms with E-state index in [1.165, 1.54) is 72.6 Å². The first-order valence-corrected chi connectivity index (χ1v) is 35.5. The summed E-state index contributed by atoms with van der Waals surface area (Å²) in [6.07, 6.45) is 0. The van der Waals surface area contributed by atoms with Crippen LogP contribution in [0, 0.1) is 12.1 Å². The molecule has 7 heteroatoms. The van der Waals surface area contributed by atoms with Crippen LogP contribution in [0.5, 0.6) is 0 Å². The first-order chi connectivity index (χ1) is 41.6. The zero-order valence-electron chi connectivity index (χ0n) is 56.1. The van der Waals surface area contributed by atoms with Gasteiger partial charge in [-0.1, -0.05) is 238 Å². The molecule has 0 aliphatic heterocycles. The molecule has 0 aliphatic carbocycles. The van der Waals surface area contributed by atoms with E-state index in [2.05, 4.69) is 297 Å². The summed E-state index contributed by atoms with van der Waals surface area (Å²) in [5.74, 6) is 3.09. The third kappa shape index (κ3) is 12.4. The number of furan rings is 1. The minimum absolute atomic E-state index is 0. The second kappa shape index (κ2) is 24.8. The Morgan fingerprint density at radius 1 is 0.427 bits per heavy atom. The van der Waals surface area contributed by atoms with Gasteiger partial charge in [0.25, 0.3) is 0 Å². The predicted molar refractivity (Wildman–Crippen MR) is 379 cm³/mol. The minimum Gasteiger partial charge on any atom is -0.501 e. The third-order valence-corrected chi connectivity index (χ3v) is 22.8. The molecule has 12 rings (SSSR count). The van der Waals surface area contributed by atoms with Crippen molar-refractivity contribution >= 4 is 52.1 Å². The standard InChI is InChI=1S/C51H51N2O.C31H39N2Si.Ir/c1-31(2)42-28-36(34-24-22-33(23-25-34)35-26-37(50(5,6)7)30-38(27-35)51(8,9)10)29-43(32(3)4)47(42)53-45-20-13-12-19-44(45)52-49(53)41-18-15-17-40-39-16-11-14-21-46(39)54-48(40)41;1-21(2)25-19-24(31(5,6)34(7,8)9)20-26(22(3)4)29(25)33-28-18-14-13-17-27(28)32-30(33)23-15-11-10-12-16-23;/h11-17,19-32H,1-10H3;10-15,17-22H,1-9H3;/q2*-1;. The van der Waals surface area contributed by atoms with Gasteiger partial charge in [0.1, 0.15) is 5.58 Å². The van der Waals surface area contributed by atoms with Gasteiger partial charge in [0, 0.05) is 36.9 Å². The molecule has 5 nitrogen and oxygen atoms in total. The molecule has 0 saturated heterocycles. The molecule has 0 spiro atoms. The Hall–Kier alpha value is -7.41. The van der Waals surface area contributed by atoms with Crippen molar-refractivity contribution in [3.8, 4) is 56.4 Å². The van der Waals surface area contributed by atoms with E-state index in [1.54, 1.807) is 0 Å². The molecule has 0 N–H and O–H groups in total. The number of rotatable bonds is 12. The summed E-state index contributed by atoms with van der Waals surface area (Å²) in [6.45, 7) is 44.6. The Labute approximate surface area is 545 Å². The van der Waals surface area contributed by atoms with Crippen LogP contribution in [-0.4, -0.2) is 27.2 Å². The van der Waals surface area contributed by atoms with Crippen molar-refractivity contribution in [1.82, 2.24) is 19.1 Å². The summed E-state index contributed by atoms with van der Waals surface area (Å²) in [4.78, 5) is 10.4. The Morgan fingerprint density at radius 2 is 0.876 bits per heavy atom. The van der Waals surface area contributed by atoms with Crippen molar-refractivity contribution in [2.45, 2.75) is 170 Å². The summed E-state index contributed by atoms with van der Waals surface area (Å²) in [6, 6.07) is 70.6. The Balaban J connectivity index is 0.000000215. The molecule has 0 bridgehead atoms. The van der Waals surface area contributed by atoms with Crippen LogP contribution in [0.4, 0.5) is 0 Å². The topological polar surface area (TPSA) is 48.8 Å². The number of nitrogens with zero attached hydrogens (tertiary/aromatic N) is 4. The number of benzene rings is 9. The van der Waals surface area contributed by atoms with Gasteiger partial charge in [-0.15, -0.1) is 54.1 Å². The maximum absolute atomic E-state index is 6.56. The maximum Gasteiger partial charge on any atom is 0.120 e. The molecule has 9 aromatic carbocycles. The van der Waals surface area contributed by atoms with Crippen LogP contribution in [0.2, 0.25) is 19.6 Å². The zero-order chi connectivity index (χ0) is 62.9. The van der Waals surface area contributed by atoms with Crippen LogP contribution in [0.3, 0.4) is 0 Å². The molecule has 1 radical (unpaired) electrons. The zero-order valence-corrected chi connectivity index (χ0v) is 59.5. The first kappa shape index (κ1) is 64.6. The van der Waals surface area contributed by atoms with Crippen LogP contribution in [-0.2, 0) is 36.0 Å². The Bertz CT molecular complexity index is 4440. The largest absolute Gasteiger partial charge is 0.501 e. The van der Waals surface area contributed by atoms with Crippen molar-refractivity contribution in [3.63, 3.8) is 0 Å². The van der Waals surface area contributed by atoms with Gasteiger partial charge in [0.15, 0.2) is 0 Å². The monoisotopic (exact) mass is 1370 g/mol. The van der Waals surface area contributed by atoms with Crippen LogP contribution < -0.4 is 0 Å². The Morgan fingerprint density at radius 3 is 1.36 bits per heavy atom. The molecule has 3 aromatic heterocycles. The summed E-state index contributed by atoms with van der Waals surface area (Å²) in [5.41, 5.74) is 24.9. The van der Waals surface area contributed by atoms with E-state index in [0.29, 0.717) is 11.8 Å². The van der Waals surface area contributed by atoms with E-state index in [9.17, 15) is 0 Å². The molecule has 0 aliphatic rings. The third-order valence-electron chi connectivity index (χ3n) is 18.7. The molecule has 89 heavy (non-hydrogen) atoms. The van der Waals surface area contributed by atoms with Gasteiger partial charge in [0.05, 0.1) is 47.4 Å². The van der Waals surface area contributed by atoms with Crippen LogP contribution in [0.15, 0.2) is 180 Å². The number of para-hydroxylation sites is 5.